The van der Waals surface area contributed by atoms with Gasteiger partial charge in [-0.1, -0.05) is 51.7 Å². The van der Waals surface area contributed by atoms with Crippen LogP contribution in [0.1, 0.15) is 58.4 Å². The lowest BCUT2D eigenvalue weighted by Crippen LogP contribution is -2.30. The summed E-state index contributed by atoms with van der Waals surface area (Å²) in [6.07, 6.45) is 7.06. The van der Waals surface area contributed by atoms with Gasteiger partial charge in [0.15, 0.2) is 10.6 Å². The van der Waals surface area contributed by atoms with Gasteiger partial charge in [0, 0.05) is 24.7 Å². The van der Waals surface area contributed by atoms with Crippen molar-refractivity contribution < 1.29 is 8.42 Å². The maximum Gasteiger partial charge on any atom is 0.243 e. The average Bonchev–Trinajstić information content (AvgIpc) is 2.87. The topological polar surface area (TPSA) is 71.0 Å². The van der Waals surface area contributed by atoms with Crippen molar-refractivity contribution in [3.8, 4) is 11.4 Å². The Labute approximate surface area is 166 Å². The van der Waals surface area contributed by atoms with E-state index < -0.39 is 10.0 Å². The normalized spacial score (nSPS) is 16.6. The summed E-state index contributed by atoms with van der Waals surface area (Å²) in [5.74, 6) is 0.725. The fourth-order valence-corrected chi connectivity index (χ4v) is 5.66. The second kappa shape index (κ2) is 8.67. The largest absolute Gasteiger partial charge is 0.297 e. The van der Waals surface area contributed by atoms with Crippen LogP contribution in [0.2, 0.25) is 0 Å². The lowest BCUT2D eigenvalue weighted by Gasteiger charge is -2.20. The monoisotopic (exact) mass is 408 g/mol. The van der Waals surface area contributed by atoms with Crippen LogP contribution in [0.3, 0.4) is 0 Å². The van der Waals surface area contributed by atoms with Crippen LogP contribution in [-0.2, 0) is 10.0 Å². The van der Waals surface area contributed by atoms with E-state index in [1.165, 1.54) is 30.0 Å². The van der Waals surface area contributed by atoms with E-state index in [9.17, 15) is 8.42 Å². The number of nitrogens with one attached hydrogen (secondary N) is 1. The fraction of sp³-hybridized carbons (Fsp3) is 0.579. The summed E-state index contributed by atoms with van der Waals surface area (Å²) in [6, 6.07) is 7.36. The zero-order valence-corrected chi connectivity index (χ0v) is 17.7. The van der Waals surface area contributed by atoms with Crippen molar-refractivity contribution >= 4 is 22.2 Å². The molecule has 1 fully saturated rings. The summed E-state index contributed by atoms with van der Waals surface area (Å²) < 4.78 is 29.9. The average molecular weight is 409 g/mol. The van der Waals surface area contributed by atoms with Gasteiger partial charge in [0.2, 0.25) is 10.0 Å². The van der Waals surface area contributed by atoms with Gasteiger partial charge < -0.3 is 0 Å². The molecule has 1 aromatic carbocycles. The van der Waals surface area contributed by atoms with E-state index in [-0.39, 0.29) is 0 Å². The van der Waals surface area contributed by atoms with Gasteiger partial charge in [-0.3, -0.25) is 9.67 Å². The highest BCUT2D eigenvalue weighted by Gasteiger charge is 2.24. The first kappa shape index (κ1) is 20.2. The van der Waals surface area contributed by atoms with E-state index in [1.54, 1.807) is 18.2 Å². The van der Waals surface area contributed by atoms with Gasteiger partial charge >= 0.3 is 0 Å². The minimum absolute atomic E-state index is 0.296. The van der Waals surface area contributed by atoms with Crippen LogP contribution in [-0.4, -0.2) is 40.6 Å². The van der Waals surface area contributed by atoms with E-state index in [4.69, 9.17) is 12.2 Å². The molecule has 1 N–H and O–H groups in total. The molecular formula is C19H28N4O2S2. The number of sulfonamides is 1. The maximum absolute atomic E-state index is 12.9. The van der Waals surface area contributed by atoms with E-state index in [1.807, 2.05) is 19.9 Å². The van der Waals surface area contributed by atoms with Crippen molar-refractivity contribution in [2.24, 2.45) is 0 Å². The first-order chi connectivity index (χ1) is 13.0. The molecule has 1 saturated carbocycles. The molecule has 1 aliphatic carbocycles. The number of hydrogen-bond acceptors (Lipinski definition) is 4. The van der Waals surface area contributed by atoms with Crippen LogP contribution in [0.15, 0.2) is 29.2 Å². The molecule has 8 heteroatoms. The molecule has 0 aliphatic heterocycles. The summed E-state index contributed by atoms with van der Waals surface area (Å²) in [5, 5.41) is 7.35. The number of H-pyrrole nitrogens is 1. The molecule has 0 amide bonds. The fourth-order valence-electron chi connectivity index (χ4n) is 3.87. The van der Waals surface area contributed by atoms with E-state index in [0.717, 1.165) is 24.2 Å². The van der Waals surface area contributed by atoms with Crippen LogP contribution < -0.4 is 0 Å². The lowest BCUT2D eigenvalue weighted by molar-refractivity contribution is 0.442. The number of hydrogen-bond donors (Lipinski definition) is 1. The number of aromatic nitrogens is 3. The Hall–Kier alpha value is -1.51. The second-order valence-electron chi connectivity index (χ2n) is 6.98. The molecule has 0 atom stereocenters. The molecule has 3 rings (SSSR count). The molecule has 0 saturated heterocycles. The molecule has 0 bridgehead atoms. The summed E-state index contributed by atoms with van der Waals surface area (Å²) >= 11 is 5.50. The molecule has 0 radical (unpaired) electrons. The molecule has 1 aromatic heterocycles. The standard InChI is InChI=1S/C19H28N4O2S2/c1-3-22(4-2)27(24,25)17-13-9-10-15(14-17)18-20-21-19(26)23(18)16-11-7-5-6-8-12-16/h9-10,13-14,16H,3-8,11-12H2,1-2H3,(H,21,26). The Balaban J connectivity index is 2.03. The molecular weight excluding hydrogens is 380 g/mol. The van der Waals surface area contributed by atoms with Crippen LogP contribution >= 0.6 is 12.2 Å². The number of nitrogens with zero attached hydrogens (tertiary/aromatic N) is 3. The predicted octanol–water partition coefficient (Wildman–Crippen LogP) is 4.53. The van der Waals surface area contributed by atoms with Gasteiger partial charge in [-0.2, -0.15) is 9.40 Å². The highest BCUT2D eigenvalue weighted by Crippen LogP contribution is 2.32. The minimum Gasteiger partial charge on any atom is -0.297 e. The number of rotatable bonds is 6. The van der Waals surface area contributed by atoms with Crippen LogP contribution in [0.25, 0.3) is 11.4 Å². The number of benzene rings is 1. The molecule has 1 aliphatic rings. The SMILES string of the molecule is CCN(CC)S(=O)(=O)c1cccc(-c2n[nH]c(=S)n2C2CCCCCC2)c1. The van der Waals surface area contributed by atoms with Crippen molar-refractivity contribution in [3.63, 3.8) is 0 Å². The second-order valence-corrected chi connectivity index (χ2v) is 9.31. The Kier molecular flexibility index (Phi) is 6.49. The zero-order chi connectivity index (χ0) is 19.4. The van der Waals surface area contributed by atoms with Crippen molar-refractivity contribution in [1.82, 2.24) is 19.1 Å². The Morgan fingerprint density at radius 1 is 1.19 bits per heavy atom. The third-order valence-corrected chi connectivity index (χ3v) is 7.66. The Bertz CT molecular complexity index is 921. The van der Waals surface area contributed by atoms with E-state index >= 15 is 0 Å². The van der Waals surface area contributed by atoms with Gasteiger partial charge in [-0.05, 0) is 37.2 Å². The first-order valence-electron chi connectivity index (χ1n) is 9.76. The first-order valence-corrected chi connectivity index (χ1v) is 11.6. The van der Waals surface area contributed by atoms with Crippen LogP contribution in [0.4, 0.5) is 0 Å². The molecule has 27 heavy (non-hydrogen) atoms. The van der Waals surface area contributed by atoms with Crippen LogP contribution in [0, 0.1) is 4.77 Å². The Morgan fingerprint density at radius 3 is 2.48 bits per heavy atom. The van der Waals surface area contributed by atoms with Gasteiger partial charge in [0.05, 0.1) is 4.90 Å². The lowest BCUT2D eigenvalue weighted by atomic mass is 10.1. The van der Waals surface area contributed by atoms with Crippen molar-refractivity contribution in [2.45, 2.75) is 63.3 Å². The van der Waals surface area contributed by atoms with Crippen molar-refractivity contribution in [3.05, 3.63) is 29.0 Å². The Morgan fingerprint density at radius 2 is 1.85 bits per heavy atom. The van der Waals surface area contributed by atoms with Crippen molar-refractivity contribution in [2.75, 3.05) is 13.1 Å². The zero-order valence-electron chi connectivity index (χ0n) is 16.0. The summed E-state index contributed by atoms with van der Waals surface area (Å²) in [7, 11) is -3.51. The third kappa shape index (κ3) is 4.17. The maximum atomic E-state index is 12.9. The highest BCUT2D eigenvalue weighted by molar-refractivity contribution is 7.89. The van der Waals surface area contributed by atoms with Gasteiger partial charge in [-0.25, -0.2) is 8.42 Å². The summed E-state index contributed by atoms with van der Waals surface area (Å²) in [6.45, 7) is 4.60. The highest BCUT2D eigenvalue weighted by atomic mass is 32.2. The molecule has 1 heterocycles. The van der Waals surface area contributed by atoms with E-state index in [2.05, 4.69) is 14.8 Å². The third-order valence-electron chi connectivity index (χ3n) is 5.33. The van der Waals surface area contributed by atoms with Crippen molar-refractivity contribution in [1.29, 1.82) is 0 Å². The molecule has 0 unspecified atom stereocenters. The summed E-state index contributed by atoms with van der Waals surface area (Å²) in [5.41, 5.74) is 0.778. The predicted molar refractivity (Wildman–Crippen MR) is 110 cm³/mol. The molecule has 0 spiro atoms. The van der Waals surface area contributed by atoms with Gasteiger partial charge in [-0.15, -0.1) is 0 Å². The molecule has 2 aromatic rings. The van der Waals surface area contributed by atoms with E-state index in [0.29, 0.717) is 28.8 Å². The summed E-state index contributed by atoms with van der Waals surface area (Å²) in [4.78, 5) is 0.296. The number of aromatic amines is 1. The van der Waals surface area contributed by atoms with Gasteiger partial charge in [0.25, 0.3) is 0 Å². The molecule has 6 nitrogen and oxygen atoms in total. The quantitative estimate of drug-likeness (QED) is 0.563. The smallest absolute Gasteiger partial charge is 0.243 e. The van der Waals surface area contributed by atoms with Crippen LogP contribution in [0.5, 0.6) is 0 Å². The minimum atomic E-state index is -3.51. The molecule has 148 valence electrons. The van der Waals surface area contributed by atoms with Gasteiger partial charge in [0.1, 0.15) is 0 Å².